The summed E-state index contributed by atoms with van der Waals surface area (Å²) in [5.74, 6) is 0.511. The lowest BCUT2D eigenvalue weighted by atomic mass is 10.0. The predicted octanol–water partition coefficient (Wildman–Crippen LogP) is 1.18. The van der Waals surface area contributed by atoms with Crippen molar-refractivity contribution in [3.8, 4) is 0 Å². The summed E-state index contributed by atoms with van der Waals surface area (Å²) in [6, 6.07) is 8.03. The molecule has 0 bridgehead atoms. The Bertz CT molecular complexity index is 685. The first-order valence-corrected chi connectivity index (χ1v) is 8.48. The third-order valence-corrected chi connectivity index (χ3v) is 3.84. The van der Waals surface area contributed by atoms with Crippen LogP contribution >= 0.6 is 0 Å². The number of hydrogen-bond donors (Lipinski definition) is 2. The average molecular weight is 346 g/mol. The van der Waals surface area contributed by atoms with Crippen molar-refractivity contribution in [2.75, 3.05) is 6.61 Å². The van der Waals surface area contributed by atoms with Gasteiger partial charge in [0.1, 0.15) is 6.54 Å². The molecule has 1 aromatic carbocycles. The van der Waals surface area contributed by atoms with E-state index in [2.05, 4.69) is 40.8 Å². The fraction of sp³-hybridized carbons (Fsp3) is 0.529. The minimum atomic E-state index is -0.353. The Morgan fingerprint density at radius 1 is 1.36 bits per heavy atom. The van der Waals surface area contributed by atoms with E-state index in [1.165, 1.54) is 4.68 Å². The van der Waals surface area contributed by atoms with Crippen molar-refractivity contribution in [1.82, 2.24) is 25.5 Å². The van der Waals surface area contributed by atoms with Crippen LogP contribution in [0.15, 0.2) is 24.3 Å². The largest absolute Gasteiger partial charge is 0.465 e. The van der Waals surface area contributed by atoms with Crippen LogP contribution in [0.1, 0.15) is 43.8 Å². The molecular formula is C17H26N6O2. The predicted molar refractivity (Wildman–Crippen MR) is 93.2 cm³/mol. The number of benzene rings is 1. The molecule has 2 rings (SSSR count). The monoisotopic (exact) mass is 346 g/mol. The van der Waals surface area contributed by atoms with Crippen LogP contribution in [0.3, 0.4) is 0 Å². The van der Waals surface area contributed by atoms with Crippen molar-refractivity contribution >= 4 is 5.97 Å². The van der Waals surface area contributed by atoms with Gasteiger partial charge < -0.3 is 15.8 Å². The number of aromatic nitrogens is 4. The van der Waals surface area contributed by atoms with Gasteiger partial charge in [-0.25, -0.2) is 4.68 Å². The van der Waals surface area contributed by atoms with Gasteiger partial charge in [0.05, 0.1) is 12.6 Å². The molecule has 1 aromatic heterocycles. The number of nitrogens with zero attached hydrogens (tertiary/aromatic N) is 4. The summed E-state index contributed by atoms with van der Waals surface area (Å²) in [6.45, 7) is 7.44. The van der Waals surface area contributed by atoms with Gasteiger partial charge in [-0.3, -0.25) is 4.79 Å². The Labute approximate surface area is 147 Å². The fourth-order valence-corrected chi connectivity index (χ4v) is 2.60. The first kappa shape index (κ1) is 19.0. The normalized spacial score (nSPS) is 12.4. The van der Waals surface area contributed by atoms with E-state index in [1.54, 1.807) is 6.92 Å². The van der Waals surface area contributed by atoms with Crippen LogP contribution < -0.4 is 11.1 Å². The fourth-order valence-electron chi connectivity index (χ4n) is 2.60. The number of tetrazole rings is 1. The SMILES string of the molecule is CCOC(=O)Cn1nnnc1C(NCc1cccc(CN)c1)C(C)C. The molecule has 1 heterocycles. The molecule has 0 spiro atoms. The van der Waals surface area contributed by atoms with Crippen LogP contribution in [0.5, 0.6) is 0 Å². The van der Waals surface area contributed by atoms with Crippen LogP contribution in [0.4, 0.5) is 0 Å². The summed E-state index contributed by atoms with van der Waals surface area (Å²) in [4.78, 5) is 11.7. The van der Waals surface area contributed by atoms with Crippen LogP contribution in [0, 0.1) is 5.92 Å². The summed E-state index contributed by atoms with van der Waals surface area (Å²) in [5, 5.41) is 15.2. The summed E-state index contributed by atoms with van der Waals surface area (Å²) in [5.41, 5.74) is 7.92. The van der Waals surface area contributed by atoms with Crippen LogP contribution in [0.25, 0.3) is 0 Å². The molecule has 0 saturated heterocycles. The third-order valence-electron chi connectivity index (χ3n) is 3.84. The van der Waals surface area contributed by atoms with Crippen molar-refractivity contribution < 1.29 is 9.53 Å². The zero-order valence-corrected chi connectivity index (χ0v) is 15.0. The molecule has 8 nitrogen and oxygen atoms in total. The van der Waals surface area contributed by atoms with E-state index in [0.717, 1.165) is 11.1 Å². The number of hydrogen-bond acceptors (Lipinski definition) is 7. The van der Waals surface area contributed by atoms with Crippen molar-refractivity contribution in [2.45, 2.75) is 46.4 Å². The van der Waals surface area contributed by atoms with Gasteiger partial charge in [0.15, 0.2) is 5.82 Å². The molecule has 0 aliphatic carbocycles. The molecular weight excluding hydrogens is 320 g/mol. The number of nitrogens with two attached hydrogens (primary N) is 1. The molecule has 0 fully saturated rings. The number of rotatable bonds is 9. The maximum atomic E-state index is 11.7. The number of esters is 1. The van der Waals surface area contributed by atoms with Gasteiger partial charge in [-0.1, -0.05) is 38.1 Å². The van der Waals surface area contributed by atoms with Gasteiger partial charge in [-0.05, 0) is 34.4 Å². The second-order valence-corrected chi connectivity index (χ2v) is 6.13. The molecule has 0 saturated carbocycles. The Kier molecular flexibility index (Phi) is 7.03. The Morgan fingerprint density at radius 2 is 2.12 bits per heavy atom. The van der Waals surface area contributed by atoms with E-state index >= 15 is 0 Å². The quantitative estimate of drug-likeness (QED) is 0.656. The highest BCUT2D eigenvalue weighted by Gasteiger charge is 2.23. The summed E-state index contributed by atoms with van der Waals surface area (Å²) < 4.78 is 6.47. The van der Waals surface area contributed by atoms with E-state index in [0.29, 0.717) is 25.5 Å². The van der Waals surface area contributed by atoms with Crippen LogP contribution in [0.2, 0.25) is 0 Å². The van der Waals surface area contributed by atoms with Crippen LogP contribution in [-0.4, -0.2) is 32.8 Å². The highest BCUT2D eigenvalue weighted by molar-refractivity contribution is 5.69. The van der Waals surface area contributed by atoms with Crippen molar-refractivity contribution in [1.29, 1.82) is 0 Å². The lowest BCUT2D eigenvalue weighted by Crippen LogP contribution is -2.30. The van der Waals surface area contributed by atoms with Gasteiger partial charge in [-0.15, -0.1) is 5.10 Å². The first-order valence-electron chi connectivity index (χ1n) is 8.48. The highest BCUT2D eigenvalue weighted by Crippen LogP contribution is 2.20. The maximum absolute atomic E-state index is 11.7. The second-order valence-electron chi connectivity index (χ2n) is 6.13. The Balaban J connectivity index is 2.10. The molecule has 1 unspecified atom stereocenters. The number of carbonyl (C=O) groups excluding carboxylic acids is 1. The van der Waals surface area contributed by atoms with E-state index in [9.17, 15) is 4.79 Å². The molecule has 25 heavy (non-hydrogen) atoms. The van der Waals surface area contributed by atoms with Gasteiger partial charge in [0.2, 0.25) is 0 Å². The molecule has 136 valence electrons. The maximum Gasteiger partial charge on any atom is 0.327 e. The van der Waals surface area contributed by atoms with E-state index in [1.807, 2.05) is 18.2 Å². The molecule has 8 heteroatoms. The lowest BCUT2D eigenvalue weighted by molar-refractivity contribution is -0.144. The highest BCUT2D eigenvalue weighted by atomic mass is 16.5. The molecule has 0 radical (unpaired) electrons. The van der Waals surface area contributed by atoms with Gasteiger partial charge in [0, 0.05) is 13.1 Å². The Hall–Kier alpha value is -2.32. The second kappa shape index (κ2) is 9.24. The first-order chi connectivity index (χ1) is 12.0. The summed E-state index contributed by atoms with van der Waals surface area (Å²) in [7, 11) is 0. The Morgan fingerprint density at radius 3 is 2.80 bits per heavy atom. The van der Waals surface area contributed by atoms with Gasteiger partial charge in [-0.2, -0.15) is 0 Å². The molecule has 3 N–H and O–H groups in total. The third kappa shape index (κ3) is 5.33. The zero-order valence-electron chi connectivity index (χ0n) is 15.0. The summed E-state index contributed by atoms with van der Waals surface area (Å²) in [6.07, 6.45) is 0. The number of carbonyl (C=O) groups is 1. The van der Waals surface area contributed by atoms with Crippen molar-refractivity contribution in [2.24, 2.45) is 11.7 Å². The molecule has 0 aliphatic heterocycles. The number of ether oxygens (including phenoxy) is 1. The minimum Gasteiger partial charge on any atom is -0.465 e. The van der Waals surface area contributed by atoms with Gasteiger partial charge in [0.25, 0.3) is 0 Å². The van der Waals surface area contributed by atoms with Crippen molar-refractivity contribution in [3.63, 3.8) is 0 Å². The average Bonchev–Trinajstić information content (AvgIpc) is 3.03. The van der Waals surface area contributed by atoms with E-state index in [-0.39, 0.29) is 24.5 Å². The lowest BCUT2D eigenvalue weighted by Gasteiger charge is -2.21. The topological polar surface area (TPSA) is 108 Å². The number of nitrogens with one attached hydrogen (secondary N) is 1. The van der Waals surface area contributed by atoms with Gasteiger partial charge >= 0.3 is 5.97 Å². The molecule has 1 atom stereocenters. The standard InChI is InChI=1S/C17H26N6O2/c1-4-25-15(24)11-23-17(20-21-22-23)16(12(2)3)19-10-14-7-5-6-13(8-14)9-18/h5-8,12,16,19H,4,9-11,18H2,1-3H3. The molecule has 2 aromatic rings. The van der Waals surface area contributed by atoms with Crippen molar-refractivity contribution in [3.05, 3.63) is 41.2 Å². The zero-order chi connectivity index (χ0) is 18.2. The van der Waals surface area contributed by atoms with Crippen LogP contribution in [-0.2, 0) is 29.2 Å². The van der Waals surface area contributed by atoms with E-state index < -0.39 is 0 Å². The smallest absolute Gasteiger partial charge is 0.327 e. The van der Waals surface area contributed by atoms with E-state index in [4.69, 9.17) is 10.5 Å². The molecule has 0 aliphatic rings. The molecule has 0 amide bonds. The minimum absolute atomic E-state index is 0.00370. The summed E-state index contributed by atoms with van der Waals surface area (Å²) >= 11 is 0.